The van der Waals surface area contributed by atoms with Gasteiger partial charge in [-0.3, -0.25) is 0 Å². The summed E-state index contributed by atoms with van der Waals surface area (Å²) in [5.74, 6) is 3.01. The van der Waals surface area contributed by atoms with E-state index in [-0.39, 0.29) is 18.0 Å². The Morgan fingerprint density at radius 2 is 1.00 bits per heavy atom. The molecule has 2 saturated heterocycles. The van der Waals surface area contributed by atoms with Crippen molar-refractivity contribution in [1.29, 1.82) is 0 Å². The van der Waals surface area contributed by atoms with E-state index in [1.807, 2.05) is 0 Å². The molecule has 0 aromatic heterocycles. The standard InChI is InChI=1S/C25H40O4/c1-15-7-17(3)21(18(4)8-15)23-26-11-25(12-27-23)13-28-24(29-14-25)22-19(5)9-16(2)10-20(22)6/h7,9,17-24H,8,10-14H2,1-6H3/t17-,18-,19+,20-,21-,22+,23?,24?,25?/m1/s1. The molecular weight excluding hydrogens is 364 g/mol. The molecule has 164 valence electrons. The number of allylic oxidation sites excluding steroid dienone is 4. The molecule has 0 saturated carbocycles. The molecule has 2 fully saturated rings. The Balaban J connectivity index is 1.33. The van der Waals surface area contributed by atoms with E-state index in [4.69, 9.17) is 18.9 Å². The summed E-state index contributed by atoms with van der Waals surface area (Å²) in [4.78, 5) is 0. The fourth-order valence-electron chi connectivity index (χ4n) is 6.44. The third-order valence-electron chi connectivity index (χ3n) is 7.75. The van der Waals surface area contributed by atoms with Gasteiger partial charge in [-0.2, -0.15) is 0 Å². The molecule has 4 heteroatoms. The molecule has 4 nitrogen and oxygen atoms in total. The second-order valence-corrected chi connectivity index (χ2v) is 10.7. The minimum atomic E-state index is -0.160. The first-order valence-electron chi connectivity index (χ1n) is 11.6. The van der Waals surface area contributed by atoms with Gasteiger partial charge in [0.2, 0.25) is 0 Å². The van der Waals surface area contributed by atoms with Crippen LogP contribution in [0.15, 0.2) is 23.3 Å². The Kier molecular flexibility index (Phi) is 6.28. The van der Waals surface area contributed by atoms with E-state index in [0.29, 0.717) is 61.9 Å². The highest BCUT2D eigenvalue weighted by Crippen LogP contribution is 2.43. The summed E-state index contributed by atoms with van der Waals surface area (Å²) in [6, 6.07) is 0. The van der Waals surface area contributed by atoms with Crippen molar-refractivity contribution in [2.24, 2.45) is 40.9 Å². The average Bonchev–Trinajstić information content (AvgIpc) is 2.63. The minimum absolute atomic E-state index is 0.112. The van der Waals surface area contributed by atoms with Crippen molar-refractivity contribution in [3.63, 3.8) is 0 Å². The van der Waals surface area contributed by atoms with Crippen LogP contribution in [0.5, 0.6) is 0 Å². The van der Waals surface area contributed by atoms with Crippen LogP contribution in [0.1, 0.15) is 54.4 Å². The number of hydrogen-bond donors (Lipinski definition) is 0. The van der Waals surface area contributed by atoms with Crippen molar-refractivity contribution in [3.8, 4) is 0 Å². The molecule has 0 radical (unpaired) electrons. The lowest BCUT2D eigenvalue weighted by molar-refractivity contribution is -0.327. The van der Waals surface area contributed by atoms with Crippen LogP contribution in [0.3, 0.4) is 0 Å². The lowest BCUT2D eigenvalue weighted by Crippen LogP contribution is -2.56. The molecule has 0 aromatic rings. The van der Waals surface area contributed by atoms with Crippen LogP contribution in [-0.2, 0) is 18.9 Å². The summed E-state index contributed by atoms with van der Waals surface area (Å²) in [7, 11) is 0. The quantitative estimate of drug-likeness (QED) is 0.593. The van der Waals surface area contributed by atoms with Gasteiger partial charge in [-0.15, -0.1) is 0 Å². The van der Waals surface area contributed by atoms with Crippen LogP contribution >= 0.6 is 0 Å². The van der Waals surface area contributed by atoms with Gasteiger partial charge in [0.05, 0.1) is 31.8 Å². The SMILES string of the molecule is CC1=C[C@@H](C)[C@@H](C2OCC3(CO2)COC([C@@H]2[C@H](C)CC(C)=C[C@@H]2C)OC3)[C@H](C)C1. The maximum Gasteiger partial charge on any atom is 0.161 e. The van der Waals surface area contributed by atoms with Gasteiger partial charge in [-0.05, 0) is 50.4 Å². The minimum Gasteiger partial charge on any atom is -0.351 e. The van der Waals surface area contributed by atoms with Crippen LogP contribution < -0.4 is 0 Å². The van der Waals surface area contributed by atoms with E-state index in [1.54, 1.807) is 0 Å². The molecule has 1 spiro atoms. The number of hydrogen-bond acceptors (Lipinski definition) is 4. The highest BCUT2D eigenvalue weighted by Gasteiger charge is 2.47. The molecule has 2 heterocycles. The summed E-state index contributed by atoms with van der Waals surface area (Å²) in [6.07, 6.45) is 6.84. The van der Waals surface area contributed by atoms with Crippen molar-refractivity contribution >= 4 is 0 Å². The average molecular weight is 405 g/mol. The number of ether oxygens (including phenoxy) is 4. The monoisotopic (exact) mass is 404 g/mol. The molecule has 0 aromatic carbocycles. The Morgan fingerprint density at radius 1 is 0.655 bits per heavy atom. The van der Waals surface area contributed by atoms with E-state index < -0.39 is 0 Å². The summed E-state index contributed by atoms with van der Waals surface area (Å²) in [5.41, 5.74) is 2.82. The first-order chi connectivity index (χ1) is 13.8. The highest BCUT2D eigenvalue weighted by atomic mass is 16.7. The summed E-state index contributed by atoms with van der Waals surface area (Å²) in [6.45, 7) is 16.4. The Bertz CT molecular complexity index is 578. The van der Waals surface area contributed by atoms with Crippen LogP contribution in [0.2, 0.25) is 0 Å². The van der Waals surface area contributed by atoms with Gasteiger partial charge in [-0.1, -0.05) is 51.0 Å². The molecule has 0 bridgehead atoms. The zero-order valence-corrected chi connectivity index (χ0v) is 19.1. The van der Waals surface area contributed by atoms with Crippen LogP contribution in [0.4, 0.5) is 0 Å². The zero-order valence-electron chi connectivity index (χ0n) is 19.1. The molecule has 0 N–H and O–H groups in total. The van der Waals surface area contributed by atoms with Gasteiger partial charge in [-0.25, -0.2) is 0 Å². The molecule has 4 aliphatic rings. The summed E-state index contributed by atoms with van der Waals surface area (Å²) < 4.78 is 25.2. The van der Waals surface area contributed by atoms with Crippen molar-refractivity contribution in [2.75, 3.05) is 26.4 Å². The second kappa shape index (κ2) is 8.45. The topological polar surface area (TPSA) is 36.9 Å². The van der Waals surface area contributed by atoms with Gasteiger partial charge in [0.1, 0.15) is 0 Å². The third-order valence-corrected chi connectivity index (χ3v) is 7.75. The number of rotatable bonds is 2. The van der Waals surface area contributed by atoms with Gasteiger partial charge in [0, 0.05) is 11.8 Å². The van der Waals surface area contributed by atoms with Gasteiger partial charge in [0.25, 0.3) is 0 Å². The predicted octanol–water partition coefficient (Wildman–Crippen LogP) is 5.20. The fourth-order valence-corrected chi connectivity index (χ4v) is 6.44. The van der Waals surface area contributed by atoms with Crippen LogP contribution in [0.25, 0.3) is 0 Å². The predicted molar refractivity (Wildman–Crippen MR) is 114 cm³/mol. The van der Waals surface area contributed by atoms with Gasteiger partial charge in [0.15, 0.2) is 12.6 Å². The van der Waals surface area contributed by atoms with Gasteiger partial charge < -0.3 is 18.9 Å². The van der Waals surface area contributed by atoms with Crippen molar-refractivity contribution in [1.82, 2.24) is 0 Å². The van der Waals surface area contributed by atoms with E-state index in [2.05, 4.69) is 53.7 Å². The fraction of sp³-hybridized carbons (Fsp3) is 0.840. The van der Waals surface area contributed by atoms with Crippen LogP contribution in [-0.4, -0.2) is 39.0 Å². The highest BCUT2D eigenvalue weighted by molar-refractivity contribution is 5.10. The zero-order chi connectivity index (χ0) is 20.8. The molecule has 4 rings (SSSR count). The Hall–Kier alpha value is -0.680. The van der Waals surface area contributed by atoms with Crippen molar-refractivity contribution in [2.45, 2.75) is 67.0 Å². The van der Waals surface area contributed by atoms with Crippen molar-refractivity contribution < 1.29 is 18.9 Å². The molecule has 29 heavy (non-hydrogen) atoms. The van der Waals surface area contributed by atoms with E-state index in [9.17, 15) is 0 Å². The van der Waals surface area contributed by atoms with E-state index in [0.717, 1.165) is 12.8 Å². The Morgan fingerprint density at radius 3 is 1.31 bits per heavy atom. The first kappa shape index (κ1) is 21.5. The molecule has 0 unspecified atom stereocenters. The van der Waals surface area contributed by atoms with Gasteiger partial charge >= 0.3 is 0 Å². The second-order valence-electron chi connectivity index (χ2n) is 10.7. The maximum absolute atomic E-state index is 6.30. The molecular formula is C25H40O4. The molecule has 2 aliphatic heterocycles. The van der Waals surface area contributed by atoms with Crippen LogP contribution in [0, 0.1) is 40.9 Å². The lowest BCUT2D eigenvalue weighted by atomic mass is 9.74. The largest absolute Gasteiger partial charge is 0.351 e. The smallest absolute Gasteiger partial charge is 0.161 e. The normalized spacial score (nSPS) is 48.9. The molecule has 2 aliphatic carbocycles. The Labute approximate surface area is 177 Å². The lowest BCUT2D eigenvalue weighted by Gasteiger charge is -2.49. The summed E-state index contributed by atoms with van der Waals surface area (Å²) >= 11 is 0. The maximum atomic E-state index is 6.30. The van der Waals surface area contributed by atoms with E-state index in [1.165, 1.54) is 11.1 Å². The van der Waals surface area contributed by atoms with E-state index >= 15 is 0 Å². The molecule has 6 atom stereocenters. The summed E-state index contributed by atoms with van der Waals surface area (Å²) in [5, 5.41) is 0. The third kappa shape index (κ3) is 4.37. The molecule has 0 amide bonds. The van der Waals surface area contributed by atoms with Crippen molar-refractivity contribution in [3.05, 3.63) is 23.3 Å². The first-order valence-corrected chi connectivity index (χ1v) is 11.6.